The quantitative estimate of drug-likeness (QED) is 0.883. The van der Waals surface area contributed by atoms with Gasteiger partial charge in [-0.3, -0.25) is 0 Å². The zero-order chi connectivity index (χ0) is 14.1. The molecule has 0 aromatic heterocycles. The Morgan fingerprint density at radius 3 is 2.37 bits per heavy atom. The summed E-state index contributed by atoms with van der Waals surface area (Å²) in [4.78, 5) is 0. The van der Waals surface area contributed by atoms with Gasteiger partial charge < -0.3 is 10.5 Å². The third kappa shape index (κ3) is 2.64. The maximum Gasteiger partial charge on any atom is 0.124 e. The number of hydrogen-bond donors (Lipinski definition) is 1. The van der Waals surface area contributed by atoms with E-state index in [1.807, 2.05) is 6.07 Å². The number of para-hydroxylation sites is 1. The van der Waals surface area contributed by atoms with Gasteiger partial charge in [-0.05, 0) is 38.2 Å². The van der Waals surface area contributed by atoms with Crippen molar-refractivity contribution in [2.45, 2.75) is 65.0 Å². The third-order valence-corrected chi connectivity index (χ3v) is 4.56. The molecule has 2 rings (SSSR count). The van der Waals surface area contributed by atoms with E-state index in [1.54, 1.807) is 0 Å². The SMILES string of the molecule is CC(C)Oc1ccccc1C1(N)CCCCC1(C)C. The third-order valence-electron chi connectivity index (χ3n) is 4.56. The largest absolute Gasteiger partial charge is 0.491 e. The molecule has 1 aromatic carbocycles. The lowest BCUT2D eigenvalue weighted by molar-refractivity contribution is 0.0926. The van der Waals surface area contributed by atoms with Crippen LogP contribution in [0.1, 0.15) is 58.9 Å². The van der Waals surface area contributed by atoms with Gasteiger partial charge in [-0.1, -0.05) is 44.9 Å². The van der Waals surface area contributed by atoms with E-state index in [0.717, 1.165) is 12.2 Å². The van der Waals surface area contributed by atoms with Crippen LogP contribution in [0.2, 0.25) is 0 Å². The second-order valence-corrected chi connectivity index (χ2v) is 6.73. The molecule has 1 saturated carbocycles. The predicted octanol–water partition coefficient (Wildman–Crippen LogP) is 4.23. The topological polar surface area (TPSA) is 35.2 Å². The fourth-order valence-corrected chi connectivity index (χ4v) is 3.22. The van der Waals surface area contributed by atoms with Crippen molar-refractivity contribution in [2.75, 3.05) is 0 Å². The summed E-state index contributed by atoms with van der Waals surface area (Å²) in [6.45, 7) is 8.70. The van der Waals surface area contributed by atoms with Crippen LogP contribution in [0.25, 0.3) is 0 Å². The molecule has 0 spiro atoms. The second kappa shape index (κ2) is 5.16. The van der Waals surface area contributed by atoms with Crippen LogP contribution in [0.15, 0.2) is 24.3 Å². The average Bonchev–Trinajstić information content (AvgIpc) is 2.33. The second-order valence-electron chi connectivity index (χ2n) is 6.73. The van der Waals surface area contributed by atoms with Crippen LogP contribution >= 0.6 is 0 Å². The van der Waals surface area contributed by atoms with Crippen molar-refractivity contribution in [1.29, 1.82) is 0 Å². The van der Waals surface area contributed by atoms with Crippen molar-refractivity contribution in [2.24, 2.45) is 11.1 Å². The molecule has 1 aromatic rings. The summed E-state index contributed by atoms with van der Waals surface area (Å²) >= 11 is 0. The fraction of sp³-hybridized carbons (Fsp3) is 0.647. The van der Waals surface area contributed by atoms with Gasteiger partial charge in [0.05, 0.1) is 6.10 Å². The van der Waals surface area contributed by atoms with E-state index in [4.69, 9.17) is 10.5 Å². The molecular weight excluding hydrogens is 234 g/mol. The minimum Gasteiger partial charge on any atom is -0.491 e. The first-order valence-electron chi connectivity index (χ1n) is 7.42. The van der Waals surface area contributed by atoms with Crippen molar-refractivity contribution in [3.63, 3.8) is 0 Å². The van der Waals surface area contributed by atoms with Gasteiger partial charge in [0.2, 0.25) is 0 Å². The number of nitrogens with two attached hydrogens (primary N) is 1. The fourth-order valence-electron chi connectivity index (χ4n) is 3.22. The Bertz CT molecular complexity index is 439. The van der Waals surface area contributed by atoms with Crippen LogP contribution in [0.5, 0.6) is 5.75 Å². The van der Waals surface area contributed by atoms with Gasteiger partial charge in [0.15, 0.2) is 0 Å². The Hall–Kier alpha value is -1.02. The molecule has 2 nitrogen and oxygen atoms in total. The van der Waals surface area contributed by atoms with Gasteiger partial charge in [0.25, 0.3) is 0 Å². The summed E-state index contributed by atoms with van der Waals surface area (Å²) in [5, 5.41) is 0. The molecule has 1 unspecified atom stereocenters. The lowest BCUT2D eigenvalue weighted by Crippen LogP contribution is -2.52. The monoisotopic (exact) mass is 261 g/mol. The highest BCUT2D eigenvalue weighted by Crippen LogP contribution is 2.50. The highest BCUT2D eigenvalue weighted by molar-refractivity contribution is 5.41. The normalized spacial score (nSPS) is 26.4. The molecule has 0 bridgehead atoms. The van der Waals surface area contributed by atoms with E-state index in [2.05, 4.69) is 45.9 Å². The molecule has 106 valence electrons. The Kier molecular flexibility index (Phi) is 3.91. The van der Waals surface area contributed by atoms with Crippen molar-refractivity contribution in [1.82, 2.24) is 0 Å². The molecule has 1 aliphatic carbocycles. The Labute approximate surface area is 117 Å². The van der Waals surface area contributed by atoms with Crippen LogP contribution in [-0.2, 0) is 5.54 Å². The number of benzene rings is 1. The average molecular weight is 261 g/mol. The zero-order valence-electron chi connectivity index (χ0n) is 12.7. The van der Waals surface area contributed by atoms with Gasteiger partial charge in [-0.25, -0.2) is 0 Å². The smallest absolute Gasteiger partial charge is 0.124 e. The Morgan fingerprint density at radius 1 is 1.11 bits per heavy atom. The molecule has 0 amide bonds. The molecule has 19 heavy (non-hydrogen) atoms. The highest BCUT2D eigenvalue weighted by Gasteiger charge is 2.46. The first kappa shape index (κ1) is 14.4. The molecule has 0 aliphatic heterocycles. The summed E-state index contributed by atoms with van der Waals surface area (Å²) in [5.74, 6) is 0.954. The van der Waals surface area contributed by atoms with Crippen LogP contribution < -0.4 is 10.5 Å². The van der Waals surface area contributed by atoms with Gasteiger partial charge >= 0.3 is 0 Å². The number of ether oxygens (including phenoxy) is 1. The first-order chi connectivity index (χ1) is 8.87. The Balaban J connectivity index is 2.44. The minimum absolute atomic E-state index is 0.113. The van der Waals surface area contributed by atoms with E-state index >= 15 is 0 Å². The molecule has 0 radical (unpaired) electrons. The standard InChI is InChI=1S/C17H27NO/c1-13(2)19-15-10-6-5-9-14(15)17(18)12-8-7-11-16(17,3)4/h5-6,9-10,13H,7-8,11-12,18H2,1-4H3. The molecule has 0 heterocycles. The van der Waals surface area contributed by atoms with Gasteiger partial charge in [0, 0.05) is 11.1 Å². The van der Waals surface area contributed by atoms with E-state index in [9.17, 15) is 0 Å². The zero-order valence-corrected chi connectivity index (χ0v) is 12.7. The lowest BCUT2D eigenvalue weighted by atomic mass is 9.60. The molecule has 2 heteroatoms. The van der Waals surface area contributed by atoms with Crippen LogP contribution in [-0.4, -0.2) is 6.10 Å². The van der Waals surface area contributed by atoms with Crippen molar-refractivity contribution >= 4 is 0 Å². The molecule has 0 saturated heterocycles. The van der Waals surface area contributed by atoms with Crippen molar-refractivity contribution < 1.29 is 4.74 Å². The van der Waals surface area contributed by atoms with Gasteiger partial charge in [-0.15, -0.1) is 0 Å². The number of rotatable bonds is 3. The maximum absolute atomic E-state index is 6.85. The summed E-state index contributed by atoms with van der Waals surface area (Å²) in [5.41, 5.74) is 7.86. The van der Waals surface area contributed by atoms with Crippen LogP contribution in [0.3, 0.4) is 0 Å². The summed E-state index contributed by atoms with van der Waals surface area (Å²) < 4.78 is 5.98. The minimum atomic E-state index is -0.281. The first-order valence-corrected chi connectivity index (χ1v) is 7.42. The molecule has 1 atom stereocenters. The molecular formula is C17H27NO. The van der Waals surface area contributed by atoms with Crippen molar-refractivity contribution in [3.05, 3.63) is 29.8 Å². The highest BCUT2D eigenvalue weighted by atomic mass is 16.5. The van der Waals surface area contributed by atoms with Crippen molar-refractivity contribution in [3.8, 4) is 5.75 Å². The maximum atomic E-state index is 6.85. The van der Waals surface area contributed by atoms with Gasteiger partial charge in [-0.2, -0.15) is 0 Å². The van der Waals surface area contributed by atoms with E-state index in [1.165, 1.54) is 24.8 Å². The lowest BCUT2D eigenvalue weighted by Gasteiger charge is -2.48. The molecule has 2 N–H and O–H groups in total. The van der Waals surface area contributed by atoms with Crippen LogP contribution in [0, 0.1) is 5.41 Å². The van der Waals surface area contributed by atoms with E-state index in [-0.39, 0.29) is 17.1 Å². The number of hydrogen-bond acceptors (Lipinski definition) is 2. The molecule has 1 aliphatic rings. The van der Waals surface area contributed by atoms with E-state index < -0.39 is 0 Å². The summed E-state index contributed by atoms with van der Waals surface area (Å²) in [6, 6.07) is 8.29. The van der Waals surface area contributed by atoms with Gasteiger partial charge in [0.1, 0.15) is 5.75 Å². The Morgan fingerprint density at radius 2 is 1.74 bits per heavy atom. The van der Waals surface area contributed by atoms with E-state index in [0.29, 0.717) is 0 Å². The van der Waals surface area contributed by atoms with Crippen LogP contribution in [0.4, 0.5) is 0 Å². The predicted molar refractivity (Wildman–Crippen MR) is 80.3 cm³/mol. The summed E-state index contributed by atoms with van der Waals surface area (Å²) in [7, 11) is 0. The molecule has 1 fully saturated rings. The summed E-state index contributed by atoms with van der Waals surface area (Å²) in [6.07, 6.45) is 4.88.